The number of fused-ring (bicyclic) bond motifs is 1. The molecule has 2 amide bonds. The van der Waals surface area contributed by atoms with Crippen LogP contribution in [-0.2, 0) is 16.1 Å². The van der Waals surface area contributed by atoms with Crippen LogP contribution in [0.15, 0.2) is 30.4 Å². The van der Waals surface area contributed by atoms with Crippen LogP contribution in [0.3, 0.4) is 0 Å². The highest BCUT2D eigenvalue weighted by Gasteiger charge is 2.47. The van der Waals surface area contributed by atoms with Gasteiger partial charge in [-0.05, 0) is 37.6 Å². The molecule has 1 fully saturated rings. The number of carbonyl (C=O) groups is 2. The van der Waals surface area contributed by atoms with E-state index in [1.54, 1.807) is 12.1 Å². The molecular formula is C18H21FN2O3. The molecule has 6 heteroatoms. The Kier molecular flexibility index (Phi) is 4.66. The lowest BCUT2D eigenvalue weighted by atomic mass is 9.85. The molecule has 0 spiro atoms. The van der Waals surface area contributed by atoms with Crippen molar-refractivity contribution in [1.29, 1.82) is 0 Å². The second-order valence-corrected chi connectivity index (χ2v) is 6.38. The van der Waals surface area contributed by atoms with E-state index in [1.807, 2.05) is 24.1 Å². The molecular weight excluding hydrogens is 311 g/mol. The summed E-state index contributed by atoms with van der Waals surface area (Å²) in [4.78, 5) is 28.1. The zero-order valence-corrected chi connectivity index (χ0v) is 13.9. The smallest absolute Gasteiger partial charge is 0.234 e. The van der Waals surface area contributed by atoms with Crippen molar-refractivity contribution in [2.24, 2.45) is 11.8 Å². The fourth-order valence-electron chi connectivity index (χ4n) is 3.42. The summed E-state index contributed by atoms with van der Waals surface area (Å²) in [6.45, 7) is 0.657. The highest BCUT2D eigenvalue weighted by atomic mass is 19.1. The highest BCUT2D eigenvalue weighted by molar-refractivity contribution is 6.05. The number of amides is 2. The molecule has 1 aliphatic heterocycles. The molecule has 0 aromatic heterocycles. The van der Waals surface area contributed by atoms with Crippen molar-refractivity contribution >= 4 is 11.8 Å². The standard InChI is InChI=1S/C18H21FN2O3/c1-20(10-12-7-8-16(24-2)15(19)9-12)11-21-17(22)13-5-3-4-6-14(13)18(21)23/h3-4,7-9,13-14H,5-6,10-11H2,1-2H3/t13-,14+. The van der Waals surface area contributed by atoms with Crippen LogP contribution in [0.1, 0.15) is 18.4 Å². The molecule has 2 aliphatic rings. The summed E-state index contributed by atoms with van der Waals surface area (Å²) in [6, 6.07) is 4.76. The van der Waals surface area contributed by atoms with E-state index in [9.17, 15) is 14.0 Å². The number of allylic oxidation sites excluding steroid dienone is 2. The summed E-state index contributed by atoms with van der Waals surface area (Å²) >= 11 is 0. The lowest BCUT2D eigenvalue weighted by molar-refractivity contribution is -0.142. The zero-order chi connectivity index (χ0) is 17.3. The lowest BCUT2D eigenvalue weighted by Crippen LogP contribution is -2.40. The highest BCUT2D eigenvalue weighted by Crippen LogP contribution is 2.35. The van der Waals surface area contributed by atoms with Crippen LogP contribution in [0, 0.1) is 17.7 Å². The number of hydrogen-bond acceptors (Lipinski definition) is 4. The Morgan fingerprint density at radius 3 is 2.38 bits per heavy atom. The first-order valence-electron chi connectivity index (χ1n) is 8.02. The zero-order valence-electron chi connectivity index (χ0n) is 13.9. The fraction of sp³-hybridized carbons (Fsp3) is 0.444. The van der Waals surface area contributed by atoms with Gasteiger partial charge in [-0.2, -0.15) is 0 Å². The van der Waals surface area contributed by atoms with Gasteiger partial charge in [-0.15, -0.1) is 0 Å². The Morgan fingerprint density at radius 2 is 1.83 bits per heavy atom. The second kappa shape index (κ2) is 6.73. The molecule has 1 saturated heterocycles. The van der Waals surface area contributed by atoms with Gasteiger partial charge in [0.25, 0.3) is 0 Å². The van der Waals surface area contributed by atoms with E-state index in [0.717, 1.165) is 5.56 Å². The van der Waals surface area contributed by atoms with Crippen molar-refractivity contribution in [3.8, 4) is 5.75 Å². The van der Waals surface area contributed by atoms with E-state index in [2.05, 4.69) is 0 Å². The normalized spacial score (nSPS) is 23.1. The maximum atomic E-state index is 13.8. The van der Waals surface area contributed by atoms with Gasteiger partial charge in [-0.3, -0.25) is 19.4 Å². The van der Waals surface area contributed by atoms with Crippen LogP contribution in [0.25, 0.3) is 0 Å². The minimum Gasteiger partial charge on any atom is -0.494 e. The maximum absolute atomic E-state index is 13.8. The summed E-state index contributed by atoms with van der Waals surface area (Å²) in [7, 11) is 3.23. The second-order valence-electron chi connectivity index (χ2n) is 6.38. The number of ether oxygens (including phenoxy) is 1. The summed E-state index contributed by atoms with van der Waals surface area (Å²) in [5, 5.41) is 0. The Labute approximate surface area is 140 Å². The molecule has 5 nitrogen and oxygen atoms in total. The Balaban J connectivity index is 1.65. The molecule has 3 rings (SSSR count). The monoisotopic (exact) mass is 332 g/mol. The molecule has 2 atom stereocenters. The molecule has 1 aromatic carbocycles. The van der Waals surface area contributed by atoms with Gasteiger partial charge < -0.3 is 4.74 Å². The van der Waals surface area contributed by atoms with Crippen LogP contribution in [0.5, 0.6) is 5.75 Å². The maximum Gasteiger partial charge on any atom is 0.234 e. The van der Waals surface area contributed by atoms with Gasteiger partial charge in [0.2, 0.25) is 11.8 Å². The predicted octanol–water partition coefficient (Wildman–Crippen LogP) is 2.17. The van der Waals surface area contributed by atoms with Crippen LogP contribution < -0.4 is 4.74 Å². The first-order chi connectivity index (χ1) is 11.5. The minimum atomic E-state index is -0.422. The molecule has 1 aromatic rings. The fourth-order valence-corrected chi connectivity index (χ4v) is 3.42. The van der Waals surface area contributed by atoms with Crippen LogP contribution >= 0.6 is 0 Å². The quantitative estimate of drug-likeness (QED) is 0.612. The third kappa shape index (κ3) is 3.06. The molecule has 24 heavy (non-hydrogen) atoms. The van der Waals surface area contributed by atoms with Crippen LogP contribution in [-0.4, -0.2) is 42.4 Å². The SMILES string of the molecule is COc1ccc(CN(C)CN2C(=O)[C@H]3CC=CC[C@H]3C2=O)cc1F. The summed E-state index contributed by atoms with van der Waals surface area (Å²) in [5.41, 5.74) is 0.758. The summed E-state index contributed by atoms with van der Waals surface area (Å²) < 4.78 is 18.7. The molecule has 0 unspecified atom stereocenters. The average molecular weight is 332 g/mol. The summed E-state index contributed by atoms with van der Waals surface area (Å²) in [6.07, 6.45) is 5.22. The van der Waals surface area contributed by atoms with Crippen molar-refractivity contribution in [2.75, 3.05) is 20.8 Å². The number of nitrogens with zero attached hydrogens (tertiary/aromatic N) is 2. The Bertz CT molecular complexity index is 663. The number of likely N-dealkylation sites (tertiary alicyclic amines) is 1. The molecule has 1 heterocycles. The van der Waals surface area contributed by atoms with Crippen molar-refractivity contribution in [1.82, 2.24) is 9.80 Å². The first-order valence-corrected chi connectivity index (χ1v) is 8.02. The van der Waals surface area contributed by atoms with Gasteiger partial charge in [0.1, 0.15) is 0 Å². The van der Waals surface area contributed by atoms with Gasteiger partial charge in [0, 0.05) is 6.54 Å². The number of rotatable bonds is 5. The van der Waals surface area contributed by atoms with Crippen molar-refractivity contribution in [3.63, 3.8) is 0 Å². The molecule has 0 radical (unpaired) electrons. The third-order valence-electron chi connectivity index (χ3n) is 4.65. The molecule has 0 N–H and O–H groups in total. The van der Waals surface area contributed by atoms with E-state index >= 15 is 0 Å². The average Bonchev–Trinajstić information content (AvgIpc) is 2.80. The summed E-state index contributed by atoms with van der Waals surface area (Å²) in [5.74, 6) is -0.843. The van der Waals surface area contributed by atoms with E-state index in [1.165, 1.54) is 18.1 Å². The topological polar surface area (TPSA) is 49.9 Å². The van der Waals surface area contributed by atoms with E-state index in [4.69, 9.17) is 4.74 Å². The predicted molar refractivity (Wildman–Crippen MR) is 86.5 cm³/mol. The molecule has 1 aliphatic carbocycles. The molecule has 128 valence electrons. The number of hydrogen-bond donors (Lipinski definition) is 0. The number of methoxy groups -OCH3 is 1. The number of halogens is 1. The van der Waals surface area contributed by atoms with Crippen molar-refractivity contribution in [2.45, 2.75) is 19.4 Å². The molecule has 0 saturated carbocycles. The number of carbonyl (C=O) groups excluding carboxylic acids is 2. The Hall–Kier alpha value is -2.21. The number of imide groups is 1. The first kappa shape index (κ1) is 16.6. The molecule has 0 bridgehead atoms. The van der Waals surface area contributed by atoms with Gasteiger partial charge >= 0.3 is 0 Å². The largest absolute Gasteiger partial charge is 0.494 e. The van der Waals surface area contributed by atoms with E-state index < -0.39 is 5.82 Å². The Morgan fingerprint density at radius 1 is 1.21 bits per heavy atom. The van der Waals surface area contributed by atoms with Crippen molar-refractivity contribution < 1.29 is 18.7 Å². The van der Waals surface area contributed by atoms with Gasteiger partial charge in [0.15, 0.2) is 11.6 Å². The minimum absolute atomic E-state index is 0.0953. The van der Waals surface area contributed by atoms with Crippen LogP contribution in [0.2, 0.25) is 0 Å². The van der Waals surface area contributed by atoms with Gasteiger partial charge in [-0.25, -0.2) is 4.39 Å². The van der Waals surface area contributed by atoms with E-state index in [0.29, 0.717) is 19.4 Å². The van der Waals surface area contributed by atoms with Crippen molar-refractivity contribution in [3.05, 3.63) is 41.7 Å². The number of benzene rings is 1. The third-order valence-corrected chi connectivity index (χ3v) is 4.65. The van der Waals surface area contributed by atoms with E-state index in [-0.39, 0.29) is 36.1 Å². The van der Waals surface area contributed by atoms with Crippen LogP contribution in [0.4, 0.5) is 4.39 Å². The van der Waals surface area contributed by atoms with Gasteiger partial charge in [0.05, 0.1) is 25.6 Å². The van der Waals surface area contributed by atoms with Gasteiger partial charge in [-0.1, -0.05) is 18.2 Å². The lowest BCUT2D eigenvalue weighted by Gasteiger charge is -2.23.